The molecule has 1 aliphatic carbocycles. The molecule has 3 aliphatic rings. The smallest absolute Gasteiger partial charge is 0.337 e. The van der Waals surface area contributed by atoms with Crippen LogP contribution in [0.15, 0.2) is 47.9 Å². The summed E-state index contributed by atoms with van der Waals surface area (Å²) in [7, 11) is 0. The van der Waals surface area contributed by atoms with E-state index < -0.39 is 23.5 Å². The normalized spacial score (nSPS) is 24.1. The summed E-state index contributed by atoms with van der Waals surface area (Å²) >= 11 is 0. The van der Waals surface area contributed by atoms with Crippen LogP contribution in [-0.4, -0.2) is 74.1 Å². The Bertz CT molecular complexity index is 1210. The lowest BCUT2D eigenvalue weighted by Crippen LogP contribution is -2.54. The number of hydrazone groups is 1. The molecule has 0 radical (unpaired) electrons. The fourth-order valence-corrected chi connectivity index (χ4v) is 4.73. The van der Waals surface area contributed by atoms with E-state index in [-0.39, 0.29) is 29.9 Å². The van der Waals surface area contributed by atoms with Crippen LogP contribution in [0.4, 0.5) is 28.3 Å². The number of urea groups is 1. The lowest BCUT2D eigenvalue weighted by Gasteiger charge is -2.38. The van der Waals surface area contributed by atoms with Crippen LogP contribution in [0.25, 0.3) is 5.82 Å². The zero-order chi connectivity index (χ0) is 25.4. The van der Waals surface area contributed by atoms with Gasteiger partial charge in [0.25, 0.3) is 0 Å². The van der Waals surface area contributed by atoms with Crippen molar-refractivity contribution in [3.8, 4) is 5.82 Å². The molecule has 0 aromatic carbocycles. The van der Waals surface area contributed by atoms with Gasteiger partial charge in [0.15, 0.2) is 11.6 Å². The molecule has 5 rings (SSSR count). The Morgan fingerprint density at radius 2 is 1.86 bits per heavy atom. The fourth-order valence-electron chi connectivity index (χ4n) is 4.73. The molecule has 2 aromatic heterocycles. The number of hydrogen-bond donors (Lipinski definition) is 0. The Hall–Kier alpha value is -3.77. The zero-order valence-electron chi connectivity index (χ0n) is 19.4. The maximum Gasteiger partial charge on any atom is 0.433 e. The predicted molar refractivity (Wildman–Crippen MR) is 123 cm³/mol. The molecular formula is C23H24F4N8O. The Labute approximate surface area is 204 Å². The number of aromatic nitrogens is 4. The molecular weight excluding hydrogens is 480 g/mol. The molecule has 9 nitrogen and oxygen atoms in total. The zero-order valence-corrected chi connectivity index (χ0v) is 19.4. The van der Waals surface area contributed by atoms with E-state index >= 15 is 0 Å². The van der Waals surface area contributed by atoms with Crippen LogP contribution in [0.1, 0.15) is 19.0 Å². The molecule has 36 heavy (non-hydrogen) atoms. The van der Waals surface area contributed by atoms with Crippen molar-refractivity contribution in [2.45, 2.75) is 25.6 Å². The third-order valence-corrected chi connectivity index (χ3v) is 6.65. The highest BCUT2D eigenvalue weighted by Gasteiger charge is 2.38. The molecule has 2 aromatic rings. The third-order valence-electron chi connectivity index (χ3n) is 6.65. The van der Waals surface area contributed by atoms with Gasteiger partial charge in [-0.05, 0) is 12.0 Å². The highest BCUT2D eigenvalue weighted by molar-refractivity contribution is 5.78. The van der Waals surface area contributed by atoms with E-state index in [0.29, 0.717) is 37.3 Å². The first-order valence-corrected chi connectivity index (χ1v) is 11.6. The van der Waals surface area contributed by atoms with Gasteiger partial charge in [0.05, 0.1) is 18.4 Å². The summed E-state index contributed by atoms with van der Waals surface area (Å²) in [5, 5.41) is 9.48. The molecule has 3 atom stereocenters. The van der Waals surface area contributed by atoms with Gasteiger partial charge in [0, 0.05) is 44.7 Å². The molecule has 0 N–H and O–H groups in total. The molecule has 0 saturated carbocycles. The van der Waals surface area contributed by atoms with Gasteiger partial charge in [-0.25, -0.2) is 23.9 Å². The largest absolute Gasteiger partial charge is 0.433 e. The Kier molecular flexibility index (Phi) is 6.22. The second-order valence-electron chi connectivity index (χ2n) is 8.88. The van der Waals surface area contributed by atoms with Gasteiger partial charge in [0.1, 0.15) is 5.69 Å². The molecule has 190 valence electrons. The Morgan fingerprint density at radius 1 is 1.11 bits per heavy atom. The van der Waals surface area contributed by atoms with Crippen LogP contribution < -0.4 is 4.90 Å². The van der Waals surface area contributed by atoms with Gasteiger partial charge in [-0.2, -0.15) is 28.4 Å². The maximum atomic E-state index is 14.4. The van der Waals surface area contributed by atoms with E-state index in [1.54, 1.807) is 21.0 Å². The summed E-state index contributed by atoms with van der Waals surface area (Å²) < 4.78 is 54.6. The average Bonchev–Trinajstić information content (AvgIpc) is 3.55. The molecule has 2 amide bonds. The standard InChI is InChI=1S/C23H24F4N8O/c1-15-4-2-3-5-16(15)18-6-8-29-34(18)22(36)33-12-10-32(11-13-33)21-28-14-17(24)20(31-21)35-19(7-9-30-35)23(25,26)27/h2-5,7-9,14-16,18H,6,10-13H2,1H3/t15?,16?,18-/m0/s1. The van der Waals surface area contributed by atoms with Crippen molar-refractivity contribution < 1.29 is 22.4 Å². The van der Waals surface area contributed by atoms with E-state index in [4.69, 9.17) is 0 Å². The van der Waals surface area contributed by atoms with Crippen LogP contribution >= 0.6 is 0 Å². The van der Waals surface area contributed by atoms with Crippen molar-refractivity contribution in [3.05, 3.63) is 54.3 Å². The third kappa shape index (κ3) is 4.44. The number of piperazine rings is 1. The van der Waals surface area contributed by atoms with Gasteiger partial charge in [-0.3, -0.25) is 0 Å². The van der Waals surface area contributed by atoms with Crippen LogP contribution in [0.5, 0.6) is 0 Å². The highest BCUT2D eigenvalue weighted by atomic mass is 19.4. The number of nitrogens with zero attached hydrogens (tertiary/aromatic N) is 8. The number of alkyl halides is 3. The molecule has 0 spiro atoms. The number of carbonyl (C=O) groups excluding carboxylic acids is 1. The molecule has 1 fully saturated rings. The SMILES string of the molecule is CC1C=CC=CC1[C@@H]1CC=NN1C(=O)N1CCN(c2ncc(F)c(-n3nccc3C(F)(F)F)n2)CC1. The molecule has 4 heterocycles. The summed E-state index contributed by atoms with van der Waals surface area (Å²) in [6.07, 6.45) is 7.68. The number of amides is 2. The molecule has 0 bridgehead atoms. The number of carbonyl (C=O) groups is 1. The first kappa shape index (κ1) is 23.9. The van der Waals surface area contributed by atoms with Crippen molar-refractivity contribution in [2.24, 2.45) is 16.9 Å². The van der Waals surface area contributed by atoms with Crippen molar-refractivity contribution >= 4 is 18.2 Å². The second-order valence-corrected chi connectivity index (χ2v) is 8.88. The minimum Gasteiger partial charge on any atom is -0.337 e. The van der Waals surface area contributed by atoms with Gasteiger partial charge >= 0.3 is 12.2 Å². The summed E-state index contributed by atoms with van der Waals surface area (Å²) in [4.78, 5) is 24.6. The van der Waals surface area contributed by atoms with Gasteiger partial charge in [0.2, 0.25) is 5.95 Å². The number of halogens is 4. The van der Waals surface area contributed by atoms with E-state index in [1.807, 2.05) is 12.2 Å². The highest BCUT2D eigenvalue weighted by Crippen LogP contribution is 2.32. The lowest BCUT2D eigenvalue weighted by molar-refractivity contribution is -0.142. The summed E-state index contributed by atoms with van der Waals surface area (Å²) in [5.74, 6) is -1.11. The van der Waals surface area contributed by atoms with Crippen LogP contribution in [0.2, 0.25) is 0 Å². The summed E-state index contributed by atoms with van der Waals surface area (Å²) in [6, 6.07) is 0.488. The molecule has 2 aliphatic heterocycles. The van der Waals surface area contributed by atoms with Gasteiger partial charge in [-0.1, -0.05) is 31.2 Å². The first-order chi connectivity index (χ1) is 17.2. The Morgan fingerprint density at radius 3 is 2.58 bits per heavy atom. The lowest BCUT2D eigenvalue weighted by atomic mass is 9.83. The maximum absolute atomic E-state index is 14.4. The van der Waals surface area contributed by atoms with Crippen LogP contribution in [0.3, 0.4) is 0 Å². The van der Waals surface area contributed by atoms with Crippen molar-refractivity contribution in [1.29, 1.82) is 0 Å². The first-order valence-electron chi connectivity index (χ1n) is 11.6. The number of rotatable bonds is 3. The van der Waals surface area contributed by atoms with E-state index in [9.17, 15) is 22.4 Å². The average molecular weight is 504 g/mol. The fraction of sp³-hybridized carbons (Fsp3) is 0.435. The predicted octanol–water partition coefficient (Wildman–Crippen LogP) is 3.50. The molecule has 1 saturated heterocycles. The number of anilines is 1. The van der Waals surface area contributed by atoms with E-state index in [0.717, 1.165) is 18.5 Å². The molecule has 13 heteroatoms. The van der Waals surface area contributed by atoms with E-state index in [1.165, 1.54) is 0 Å². The minimum absolute atomic E-state index is 0.0622. The Balaban J connectivity index is 1.27. The van der Waals surface area contributed by atoms with Crippen molar-refractivity contribution in [2.75, 3.05) is 31.1 Å². The topological polar surface area (TPSA) is 82.8 Å². The molecule has 2 unspecified atom stereocenters. The van der Waals surface area contributed by atoms with E-state index in [2.05, 4.69) is 39.2 Å². The second kappa shape index (κ2) is 9.36. The van der Waals surface area contributed by atoms with Gasteiger partial charge < -0.3 is 9.80 Å². The van der Waals surface area contributed by atoms with Crippen molar-refractivity contribution in [1.82, 2.24) is 29.7 Å². The summed E-state index contributed by atoms with van der Waals surface area (Å²) in [5.41, 5.74) is -1.14. The van der Waals surface area contributed by atoms with Gasteiger partial charge in [-0.15, -0.1) is 0 Å². The quantitative estimate of drug-likeness (QED) is 0.598. The van der Waals surface area contributed by atoms with Crippen LogP contribution in [0, 0.1) is 17.7 Å². The monoisotopic (exact) mass is 504 g/mol. The number of hydrogen-bond acceptors (Lipinski definition) is 6. The minimum atomic E-state index is -4.72. The number of allylic oxidation sites excluding steroid dienone is 3. The summed E-state index contributed by atoms with van der Waals surface area (Å²) in [6.45, 7) is 3.43. The van der Waals surface area contributed by atoms with Crippen LogP contribution in [-0.2, 0) is 6.18 Å². The van der Waals surface area contributed by atoms with Crippen molar-refractivity contribution in [3.63, 3.8) is 0 Å².